The molecular weight excluding hydrogens is 368 g/mol. The lowest BCUT2D eigenvalue weighted by molar-refractivity contribution is 0.471. The van der Waals surface area contributed by atoms with Crippen LogP contribution in [-0.2, 0) is 0 Å². The van der Waals surface area contributed by atoms with Gasteiger partial charge in [-0.2, -0.15) is 0 Å². The third-order valence-electron chi connectivity index (χ3n) is 3.89. The van der Waals surface area contributed by atoms with E-state index in [1.165, 1.54) is 16.7 Å². The quantitative estimate of drug-likeness (QED) is 0.649. The van der Waals surface area contributed by atoms with Gasteiger partial charge in [-0.25, -0.2) is 0 Å². The van der Waals surface area contributed by atoms with Gasteiger partial charge in [-0.05, 0) is 66.9 Å². The Labute approximate surface area is 152 Å². The van der Waals surface area contributed by atoms with E-state index >= 15 is 0 Å². The molecule has 0 amide bonds. The largest absolute Gasteiger partial charge is 0.355 e. The van der Waals surface area contributed by atoms with Crippen molar-refractivity contribution in [2.45, 2.75) is 33.7 Å². The smallest absolute Gasteiger partial charge is 0.171 e. The highest BCUT2D eigenvalue weighted by Gasteiger charge is 2.18. The number of anilines is 1. The van der Waals surface area contributed by atoms with Crippen molar-refractivity contribution in [1.82, 2.24) is 5.32 Å². The van der Waals surface area contributed by atoms with E-state index in [2.05, 4.69) is 84.6 Å². The number of benzene rings is 2. The van der Waals surface area contributed by atoms with E-state index in [0.29, 0.717) is 11.0 Å². The molecule has 0 saturated heterocycles. The lowest BCUT2D eigenvalue weighted by atomic mass is 9.93. The molecule has 1 atom stereocenters. The predicted molar refractivity (Wildman–Crippen MR) is 107 cm³/mol. The molecule has 2 nitrogen and oxygen atoms in total. The average molecular weight is 391 g/mol. The summed E-state index contributed by atoms with van der Waals surface area (Å²) in [7, 11) is 0. The molecule has 0 aromatic heterocycles. The molecule has 2 rings (SSSR count). The van der Waals surface area contributed by atoms with Gasteiger partial charge in [-0.3, -0.25) is 0 Å². The molecule has 2 aromatic rings. The minimum absolute atomic E-state index is 0.188. The Kier molecular flexibility index (Phi) is 6.19. The summed E-state index contributed by atoms with van der Waals surface area (Å²) in [5.74, 6) is 0.433. The van der Waals surface area contributed by atoms with E-state index < -0.39 is 0 Å². The van der Waals surface area contributed by atoms with Crippen LogP contribution in [0, 0.1) is 19.8 Å². The fraction of sp³-hybridized carbons (Fsp3) is 0.316. The summed E-state index contributed by atoms with van der Waals surface area (Å²) in [5, 5.41) is 7.40. The van der Waals surface area contributed by atoms with Crippen LogP contribution in [0.5, 0.6) is 0 Å². The Morgan fingerprint density at radius 2 is 1.74 bits per heavy atom. The molecule has 0 radical (unpaired) electrons. The molecule has 4 heteroatoms. The standard InChI is InChI=1S/C19H23BrN2S/c1-12(2)18(16-8-6-5-7-13(16)3)22-19(23)21-15-9-10-17(20)14(4)11-15/h5-12,18H,1-4H3,(H2,21,22,23)/t18-/m0/s1. The number of thiocarbonyl (C=S) groups is 1. The highest BCUT2D eigenvalue weighted by molar-refractivity contribution is 9.10. The Balaban J connectivity index is 2.12. The van der Waals surface area contributed by atoms with Gasteiger partial charge in [0.2, 0.25) is 0 Å². The summed E-state index contributed by atoms with van der Waals surface area (Å²) < 4.78 is 1.10. The zero-order chi connectivity index (χ0) is 17.0. The highest BCUT2D eigenvalue weighted by atomic mass is 79.9. The molecule has 23 heavy (non-hydrogen) atoms. The van der Waals surface area contributed by atoms with Crippen LogP contribution in [0.25, 0.3) is 0 Å². The number of hydrogen-bond acceptors (Lipinski definition) is 1. The van der Waals surface area contributed by atoms with E-state index in [-0.39, 0.29) is 6.04 Å². The molecule has 0 fully saturated rings. The van der Waals surface area contributed by atoms with Crippen molar-refractivity contribution < 1.29 is 0 Å². The Hall–Kier alpha value is -1.39. The van der Waals surface area contributed by atoms with Crippen LogP contribution >= 0.6 is 28.1 Å². The van der Waals surface area contributed by atoms with Crippen molar-refractivity contribution in [2.75, 3.05) is 5.32 Å². The maximum atomic E-state index is 5.52. The summed E-state index contributed by atoms with van der Waals surface area (Å²) in [6, 6.07) is 14.8. The topological polar surface area (TPSA) is 24.1 Å². The molecule has 0 unspecified atom stereocenters. The van der Waals surface area contributed by atoms with Crippen LogP contribution in [0.4, 0.5) is 5.69 Å². The van der Waals surface area contributed by atoms with Crippen molar-refractivity contribution in [3.8, 4) is 0 Å². The van der Waals surface area contributed by atoms with Gasteiger partial charge in [0.25, 0.3) is 0 Å². The van der Waals surface area contributed by atoms with Crippen LogP contribution in [0.2, 0.25) is 0 Å². The molecule has 0 aliphatic rings. The second-order valence-corrected chi connectivity index (χ2v) is 7.40. The van der Waals surface area contributed by atoms with Gasteiger partial charge < -0.3 is 10.6 Å². The third-order valence-corrected chi connectivity index (χ3v) is 5.00. The first kappa shape index (κ1) is 18.0. The van der Waals surface area contributed by atoms with Gasteiger partial charge in [-0.1, -0.05) is 54.0 Å². The number of halogens is 1. The monoisotopic (exact) mass is 390 g/mol. The third kappa shape index (κ3) is 4.79. The Morgan fingerprint density at radius 3 is 2.35 bits per heavy atom. The van der Waals surface area contributed by atoms with Crippen LogP contribution in [0.15, 0.2) is 46.9 Å². The summed E-state index contributed by atoms with van der Waals surface area (Å²) in [6.07, 6.45) is 0. The lowest BCUT2D eigenvalue weighted by Crippen LogP contribution is -2.35. The molecular formula is C19H23BrN2S. The van der Waals surface area contributed by atoms with Crippen molar-refractivity contribution in [3.63, 3.8) is 0 Å². The normalized spacial score (nSPS) is 12.1. The van der Waals surface area contributed by atoms with E-state index in [9.17, 15) is 0 Å². The number of aryl methyl sites for hydroxylation is 2. The number of rotatable bonds is 4. The Morgan fingerprint density at radius 1 is 1.04 bits per heavy atom. The zero-order valence-corrected chi connectivity index (χ0v) is 16.4. The SMILES string of the molecule is Cc1cc(NC(=S)N[C@H](c2ccccc2C)C(C)C)ccc1Br. The highest BCUT2D eigenvalue weighted by Crippen LogP contribution is 2.25. The van der Waals surface area contributed by atoms with Crippen molar-refractivity contribution in [2.24, 2.45) is 5.92 Å². The van der Waals surface area contributed by atoms with Gasteiger partial charge in [-0.15, -0.1) is 0 Å². The van der Waals surface area contributed by atoms with Crippen LogP contribution in [0.1, 0.15) is 36.6 Å². The van der Waals surface area contributed by atoms with Gasteiger partial charge in [0.1, 0.15) is 0 Å². The molecule has 2 N–H and O–H groups in total. The second kappa shape index (κ2) is 7.93. The molecule has 0 saturated carbocycles. The van der Waals surface area contributed by atoms with E-state index in [0.717, 1.165) is 10.2 Å². The molecule has 0 bridgehead atoms. The number of nitrogens with one attached hydrogen (secondary N) is 2. The van der Waals surface area contributed by atoms with Crippen molar-refractivity contribution in [3.05, 3.63) is 63.6 Å². The summed E-state index contributed by atoms with van der Waals surface area (Å²) in [6.45, 7) is 8.62. The van der Waals surface area contributed by atoms with Crippen LogP contribution in [-0.4, -0.2) is 5.11 Å². The first-order chi connectivity index (χ1) is 10.9. The summed E-state index contributed by atoms with van der Waals surface area (Å²) >= 11 is 9.03. The van der Waals surface area contributed by atoms with Gasteiger partial charge in [0, 0.05) is 10.2 Å². The molecule has 0 aliphatic heterocycles. The maximum absolute atomic E-state index is 5.52. The van der Waals surface area contributed by atoms with Crippen molar-refractivity contribution in [1.29, 1.82) is 0 Å². The van der Waals surface area contributed by atoms with Crippen LogP contribution < -0.4 is 10.6 Å². The Bertz CT molecular complexity index is 698. The summed E-state index contributed by atoms with van der Waals surface area (Å²) in [5.41, 5.74) is 4.74. The first-order valence-electron chi connectivity index (χ1n) is 7.77. The van der Waals surface area contributed by atoms with Gasteiger partial charge in [0.15, 0.2) is 5.11 Å². The first-order valence-corrected chi connectivity index (χ1v) is 8.98. The minimum Gasteiger partial charge on any atom is -0.355 e. The molecule has 0 heterocycles. The van der Waals surface area contributed by atoms with Gasteiger partial charge >= 0.3 is 0 Å². The average Bonchev–Trinajstić information content (AvgIpc) is 2.49. The zero-order valence-electron chi connectivity index (χ0n) is 14.0. The fourth-order valence-electron chi connectivity index (χ4n) is 2.57. The predicted octanol–water partition coefficient (Wildman–Crippen LogP) is 5.75. The van der Waals surface area contributed by atoms with Crippen LogP contribution in [0.3, 0.4) is 0 Å². The van der Waals surface area contributed by atoms with E-state index in [4.69, 9.17) is 12.2 Å². The summed E-state index contributed by atoms with van der Waals surface area (Å²) in [4.78, 5) is 0. The van der Waals surface area contributed by atoms with Crippen molar-refractivity contribution >= 4 is 38.9 Å². The molecule has 0 spiro atoms. The molecule has 2 aromatic carbocycles. The van der Waals surface area contributed by atoms with E-state index in [1.807, 2.05) is 12.1 Å². The lowest BCUT2D eigenvalue weighted by Gasteiger charge is -2.26. The molecule has 122 valence electrons. The maximum Gasteiger partial charge on any atom is 0.171 e. The van der Waals surface area contributed by atoms with Gasteiger partial charge in [0.05, 0.1) is 6.04 Å². The number of hydrogen-bond donors (Lipinski definition) is 2. The molecule has 0 aliphatic carbocycles. The minimum atomic E-state index is 0.188. The fourth-order valence-corrected chi connectivity index (χ4v) is 3.06. The van der Waals surface area contributed by atoms with E-state index in [1.54, 1.807) is 0 Å². The second-order valence-electron chi connectivity index (χ2n) is 6.14.